The Labute approximate surface area is 101 Å². The molecule has 0 aliphatic carbocycles. The van der Waals surface area contributed by atoms with Gasteiger partial charge in [-0.15, -0.1) is 0 Å². The molecule has 1 aromatic carbocycles. The highest BCUT2D eigenvalue weighted by atomic mass is 32.2. The first-order valence-corrected chi connectivity index (χ1v) is 6.71. The van der Waals surface area contributed by atoms with Gasteiger partial charge >= 0.3 is 5.97 Å². The summed E-state index contributed by atoms with van der Waals surface area (Å²) >= 11 is 0. The minimum Gasteiger partial charge on any atom is -0.480 e. The summed E-state index contributed by atoms with van der Waals surface area (Å²) in [6.45, 7) is 3.03. The predicted molar refractivity (Wildman–Crippen MR) is 65.5 cm³/mol. The second-order valence-corrected chi connectivity index (χ2v) is 5.70. The van der Waals surface area contributed by atoms with Crippen LogP contribution in [-0.2, 0) is 14.8 Å². The van der Waals surface area contributed by atoms with E-state index < -0.39 is 21.2 Å². The van der Waals surface area contributed by atoms with Crippen LogP contribution in [-0.4, -0.2) is 31.3 Å². The maximum atomic E-state index is 12.0. The Hall–Kier alpha value is -1.56. The minimum absolute atomic E-state index is 0.198. The molecule has 0 amide bonds. The summed E-state index contributed by atoms with van der Waals surface area (Å²) in [4.78, 5) is 10.8. The van der Waals surface area contributed by atoms with Crippen LogP contribution >= 0.6 is 0 Å². The van der Waals surface area contributed by atoms with Gasteiger partial charge in [0, 0.05) is 6.54 Å². The van der Waals surface area contributed by atoms with Crippen LogP contribution in [0.2, 0.25) is 0 Å². The number of hydrogen-bond donors (Lipinski definition) is 1. The number of carboxylic acids is 1. The second-order valence-electron chi connectivity index (χ2n) is 3.53. The largest absolute Gasteiger partial charge is 0.480 e. The highest BCUT2D eigenvalue weighted by Crippen LogP contribution is 2.20. The van der Waals surface area contributed by atoms with Crippen molar-refractivity contribution in [2.24, 2.45) is 0 Å². The highest BCUT2D eigenvalue weighted by molar-refractivity contribution is 7.94. The van der Waals surface area contributed by atoms with E-state index in [0.29, 0.717) is 5.69 Å². The fraction of sp³-hybridized carbons (Fsp3) is 0.364. The van der Waals surface area contributed by atoms with Crippen LogP contribution in [0.4, 0.5) is 5.69 Å². The summed E-state index contributed by atoms with van der Waals surface area (Å²) in [6.07, 6.45) is 0. The molecule has 0 saturated heterocycles. The first-order chi connectivity index (χ1) is 7.91. The Morgan fingerprint density at radius 1 is 1.35 bits per heavy atom. The number of sulfonamides is 1. The third-order valence-electron chi connectivity index (χ3n) is 2.43. The molecule has 0 spiro atoms. The normalized spacial score (nSPS) is 13.1. The summed E-state index contributed by atoms with van der Waals surface area (Å²) in [7, 11) is -3.87. The zero-order valence-corrected chi connectivity index (χ0v) is 10.5. The van der Waals surface area contributed by atoms with Crippen molar-refractivity contribution >= 4 is 21.7 Å². The SMILES string of the molecule is CCN(c1ccccc1)S(=O)(=O)C(C)C(=O)O. The first-order valence-electron chi connectivity index (χ1n) is 5.20. The van der Waals surface area contributed by atoms with Gasteiger partial charge in [0.2, 0.25) is 10.0 Å². The van der Waals surface area contributed by atoms with Crippen LogP contribution in [0.3, 0.4) is 0 Å². The smallest absolute Gasteiger partial charge is 0.323 e. The van der Waals surface area contributed by atoms with Gasteiger partial charge in [-0.1, -0.05) is 18.2 Å². The van der Waals surface area contributed by atoms with Gasteiger partial charge in [-0.05, 0) is 26.0 Å². The number of nitrogens with zero attached hydrogens (tertiary/aromatic N) is 1. The Balaban J connectivity index is 3.16. The molecule has 1 unspecified atom stereocenters. The summed E-state index contributed by atoms with van der Waals surface area (Å²) in [5, 5.41) is 7.35. The maximum absolute atomic E-state index is 12.0. The molecule has 0 fully saturated rings. The van der Waals surface area contributed by atoms with E-state index in [4.69, 9.17) is 5.11 Å². The van der Waals surface area contributed by atoms with Gasteiger partial charge in [-0.2, -0.15) is 0 Å². The van der Waals surface area contributed by atoms with Gasteiger partial charge in [0.25, 0.3) is 0 Å². The third-order valence-corrected chi connectivity index (χ3v) is 4.61. The van der Waals surface area contributed by atoms with Gasteiger partial charge in [-0.3, -0.25) is 9.10 Å². The molecule has 0 heterocycles. The first kappa shape index (κ1) is 13.5. The van der Waals surface area contributed by atoms with E-state index in [0.717, 1.165) is 4.31 Å². The molecule has 94 valence electrons. The standard InChI is InChI=1S/C11H15NO4S/c1-3-12(10-7-5-4-6-8-10)17(15,16)9(2)11(13)14/h4-9H,3H2,1-2H3,(H,13,14). The number of benzene rings is 1. The van der Waals surface area contributed by atoms with Gasteiger partial charge < -0.3 is 5.11 Å². The van der Waals surface area contributed by atoms with Gasteiger partial charge in [-0.25, -0.2) is 8.42 Å². The Kier molecular flexibility index (Phi) is 4.11. The zero-order chi connectivity index (χ0) is 13.1. The van der Waals surface area contributed by atoms with Gasteiger partial charge in [0.05, 0.1) is 5.69 Å². The Morgan fingerprint density at radius 3 is 2.29 bits per heavy atom. The van der Waals surface area contributed by atoms with E-state index in [1.165, 1.54) is 6.92 Å². The molecule has 1 rings (SSSR count). The lowest BCUT2D eigenvalue weighted by atomic mass is 10.3. The van der Waals surface area contributed by atoms with Crippen molar-refractivity contribution in [1.29, 1.82) is 0 Å². The molecule has 0 radical (unpaired) electrons. The summed E-state index contributed by atoms with van der Waals surface area (Å²) in [5.41, 5.74) is 0.475. The van der Waals surface area contributed by atoms with Gasteiger partial charge in [0.1, 0.15) is 0 Å². The van der Waals surface area contributed by atoms with Crippen molar-refractivity contribution in [2.45, 2.75) is 19.1 Å². The van der Waals surface area contributed by atoms with Crippen LogP contribution in [0.25, 0.3) is 0 Å². The van der Waals surface area contributed by atoms with Crippen molar-refractivity contribution in [1.82, 2.24) is 0 Å². The van der Waals surface area contributed by atoms with E-state index in [-0.39, 0.29) is 6.54 Å². The van der Waals surface area contributed by atoms with Crippen LogP contribution < -0.4 is 4.31 Å². The van der Waals surface area contributed by atoms with Crippen LogP contribution in [0.1, 0.15) is 13.8 Å². The average molecular weight is 257 g/mol. The van der Waals surface area contributed by atoms with Crippen molar-refractivity contribution < 1.29 is 18.3 Å². The monoisotopic (exact) mass is 257 g/mol. The van der Waals surface area contributed by atoms with Crippen molar-refractivity contribution in [3.05, 3.63) is 30.3 Å². The predicted octanol–water partition coefficient (Wildman–Crippen LogP) is 1.32. The summed E-state index contributed by atoms with van der Waals surface area (Å²) in [6, 6.07) is 8.45. The lowest BCUT2D eigenvalue weighted by molar-refractivity contribution is -0.136. The number of aliphatic carboxylic acids is 1. The number of rotatable bonds is 5. The van der Waals surface area contributed by atoms with E-state index >= 15 is 0 Å². The molecule has 0 saturated carbocycles. The minimum atomic E-state index is -3.87. The summed E-state index contributed by atoms with van der Waals surface area (Å²) in [5.74, 6) is -1.35. The molecule has 1 atom stereocenters. The van der Waals surface area contributed by atoms with Crippen molar-refractivity contribution in [2.75, 3.05) is 10.8 Å². The molecule has 6 heteroatoms. The van der Waals surface area contributed by atoms with Crippen LogP contribution in [0.5, 0.6) is 0 Å². The Bertz CT molecular complexity index is 483. The van der Waals surface area contributed by atoms with Crippen LogP contribution in [0, 0.1) is 0 Å². The molecular weight excluding hydrogens is 242 g/mol. The maximum Gasteiger partial charge on any atom is 0.323 e. The fourth-order valence-electron chi connectivity index (χ4n) is 1.42. The van der Waals surface area contributed by atoms with E-state index in [2.05, 4.69) is 0 Å². The number of para-hydroxylation sites is 1. The highest BCUT2D eigenvalue weighted by Gasteiger charge is 2.33. The van der Waals surface area contributed by atoms with E-state index in [1.54, 1.807) is 37.3 Å². The third kappa shape index (κ3) is 2.76. The van der Waals surface area contributed by atoms with E-state index in [9.17, 15) is 13.2 Å². The molecule has 0 aliphatic heterocycles. The number of carboxylic acid groups (broad SMARTS) is 1. The van der Waals surface area contributed by atoms with Crippen LogP contribution in [0.15, 0.2) is 30.3 Å². The van der Waals surface area contributed by atoms with E-state index in [1.807, 2.05) is 0 Å². The fourth-order valence-corrected chi connectivity index (χ4v) is 2.83. The number of anilines is 1. The summed E-state index contributed by atoms with van der Waals surface area (Å²) < 4.78 is 25.2. The van der Waals surface area contributed by atoms with Gasteiger partial charge in [0.15, 0.2) is 5.25 Å². The number of carbonyl (C=O) groups is 1. The molecule has 0 aromatic heterocycles. The second kappa shape index (κ2) is 5.18. The lowest BCUT2D eigenvalue weighted by Gasteiger charge is -2.24. The topological polar surface area (TPSA) is 74.7 Å². The lowest BCUT2D eigenvalue weighted by Crippen LogP contribution is -2.41. The molecule has 17 heavy (non-hydrogen) atoms. The molecule has 0 bridgehead atoms. The molecule has 0 aliphatic rings. The Morgan fingerprint density at radius 2 is 1.88 bits per heavy atom. The quantitative estimate of drug-likeness (QED) is 0.863. The molecular formula is C11H15NO4S. The zero-order valence-electron chi connectivity index (χ0n) is 9.70. The van der Waals surface area contributed by atoms with Crippen molar-refractivity contribution in [3.8, 4) is 0 Å². The molecule has 1 aromatic rings. The molecule has 5 nitrogen and oxygen atoms in total. The number of hydrogen-bond acceptors (Lipinski definition) is 3. The van der Waals surface area contributed by atoms with Crippen molar-refractivity contribution in [3.63, 3.8) is 0 Å². The average Bonchev–Trinajstić information content (AvgIpc) is 2.29. The molecule has 1 N–H and O–H groups in total.